The van der Waals surface area contributed by atoms with E-state index in [2.05, 4.69) is 10.0 Å². The Morgan fingerprint density at radius 3 is 2.56 bits per heavy atom. The number of nitro groups is 1. The normalized spacial score (nSPS) is 16.9. The molecule has 1 saturated heterocycles. The van der Waals surface area contributed by atoms with Gasteiger partial charge in [0.25, 0.3) is 5.69 Å². The van der Waals surface area contributed by atoms with Crippen molar-refractivity contribution in [1.82, 2.24) is 10.0 Å². The Morgan fingerprint density at radius 2 is 2.04 bits per heavy atom. The van der Waals surface area contributed by atoms with Crippen LogP contribution in [0.3, 0.4) is 0 Å². The van der Waals surface area contributed by atoms with Gasteiger partial charge < -0.3 is 10.1 Å². The smallest absolute Gasteiger partial charge is 0.271 e. The second-order valence-electron chi connectivity index (χ2n) is 5.88. The summed E-state index contributed by atoms with van der Waals surface area (Å²) in [6.45, 7) is 2.26. The van der Waals surface area contributed by atoms with Crippen LogP contribution in [0, 0.1) is 15.5 Å². The van der Waals surface area contributed by atoms with Gasteiger partial charge in [0.1, 0.15) is 4.90 Å². The van der Waals surface area contributed by atoms with Crippen LogP contribution in [0.2, 0.25) is 5.02 Å². The first-order valence-corrected chi connectivity index (χ1v) is 9.29. The predicted octanol–water partition coefficient (Wildman–Crippen LogP) is 1.96. The fourth-order valence-corrected chi connectivity index (χ4v) is 4.48. The zero-order valence-corrected chi connectivity index (χ0v) is 16.0. The SMILES string of the molecule is COCC1(CNS(=O)(=O)c2ccc([N+](=O)[O-])cc2Cl)CCNCC1.Cl. The molecule has 1 aliphatic heterocycles. The minimum Gasteiger partial charge on any atom is -0.384 e. The van der Waals surface area contributed by atoms with Crippen molar-refractivity contribution in [1.29, 1.82) is 0 Å². The Morgan fingerprint density at radius 1 is 1.40 bits per heavy atom. The Labute approximate surface area is 157 Å². The first kappa shape index (κ1) is 22.1. The maximum absolute atomic E-state index is 12.5. The second kappa shape index (κ2) is 9.11. The van der Waals surface area contributed by atoms with Crippen molar-refractivity contribution in [3.8, 4) is 0 Å². The molecule has 11 heteroatoms. The number of hydrogen-bond donors (Lipinski definition) is 2. The standard InChI is InChI=1S/C14H20ClN3O5S.ClH/c1-23-10-14(4-6-16-7-5-14)9-17-24(21,22)13-3-2-11(18(19)20)8-12(13)15;/h2-3,8,16-17H,4-7,9-10H2,1H3;1H. The summed E-state index contributed by atoms with van der Waals surface area (Å²) in [6.07, 6.45) is 1.58. The lowest BCUT2D eigenvalue weighted by molar-refractivity contribution is -0.384. The van der Waals surface area contributed by atoms with Crippen molar-refractivity contribution in [2.24, 2.45) is 5.41 Å². The summed E-state index contributed by atoms with van der Waals surface area (Å²) in [6, 6.07) is 3.30. The van der Waals surface area contributed by atoms with Crippen molar-refractivity contribution >= 4 is 39.7 Å². The molecule has 0 unspecified atom stereocenters. The molecule has 1 aromatic rings. The Balaban J connectivity index is 0.00000312. The molecule has 0 saturated carbocycles. The number of hydrogen-bond acceptors (Lipinski definition) is 6. The molecular formula is C14H21Cl2N3O5S. The highest BCUT2D eigenvalue weighted by molar-refractivity contribution is 7.89. The first-order valence-electron chi connectivity index (χ1n) is 7.43. The first-order chi connectivity index (χ1) is 11.3. The molecule has 0 aromatic heterocycles. The Bertz CT molecular complexity index is 703. The molecule has 2 N–H and O–H groups in total. The molecule has 1 fully saturated rings. The molecule has 2 rings (SSSR count). The number of non-ortho nitro benzene ring substituents is 1. The molecule has 0 aliphatic carbocycles. The Kier molecular flexibility index (Phi) is 8.04. The molecule has 142 valence electrons. The molecule has 8 nitrogen and oxygen atoms in total. The molecule has 1 aromatic carbocycles. The summed E-state index contributed by atoms with van der Waals surface area (Å²) in [5, 5.41) is 13.8. The number of methoxy groups -OCH3 is 1. The van der Waals surface area contributed by atoms with Gasteiger partial charge in [0, 0.05) is 31.2 Å². The summed E-state index contributed by atoms with van der Waals surface area (Å²) in [5.41, 5.74) is -0.534. The maximum atomic E-state index is 12.5. The van der Waals surface area contributed by atoms with E-state index in [1.807, 2.05) is 0 Å². The fourth-order valence-electron chi connectivity index (χ4n) is 2.78. The van der Waals surface area contributed by atoms with E-state index in [-0.39, 0.29) is 40.0 Å². The molecule has 0 radical (unpaired) electrons. The number of halogens is 2. The monoisotopic (exact) mass is 413 g/mol. The average Bonchev–Trinajstić information content (AvgIpc) is 2.54. The molecule has 0 atom stereocenters. The van der Waals surface area contributed by atoms with Gasteiger partial charge in [-0.15, -0.1) is 12.4 Å². The maximum Gasteiger partial charge on any atom is 0.271 e. The van der Waals surface area contributed by atoms with Crippen LogP contribution in [0.25, 0.3) is 0 Å². The molecular weight excluding hydrogens is 393 g/mol. The number of piperidine rings is 1. The zero-order chi connectivity index (χ0) is 17.8. The van der Waals surface area contributed by atoms with Gasteiger partial charge in [-0.1, -0.05) is 11.6 Å². The topological polar surface area (TPSA) is 111 Å². The van der Waals surface area contributed by atoms with E-state index in [1.165, 1.54) is 0 Å². The van der Waals surface area contributed by atoms with Crippen molar-refractivity contribution in [2.45, 2.75) is 17.7 Å². The summed E-state index contributed by atoms with van der Waals surface area (Å²) >= 11 is 5.92. The molecule has 0 amide bonds. The van der Waals surface area contributed by atoms with Crippen molar-refractivity contribution in [3.63, 3.8) is 0 Å². The van der Waals surface area contributed by atoms with Crippen LogP contribution in [0.4, 0.5) is 5.69 Å². The van der Waals surface area contributed by atoms with Crippen LogP contribution >= 0.6 is 24.0 Å². The average molecular weight is 414 g/mol. The highest BCUT2D eigenvalue weighted by Gasteiger charge is 2.34. The van der Waals surface area contributed by atoms with Crippen molar-refractivity contribution in [3.05, 3.63) is 33.3 Å². The van der Waals surface area contributed by atoms with Gasteiger partial charge in [-0.3, -0.25) is 10.1 Å². The van der Waals surface area contributed by atoms with E-state index in [0.717, 1.165) is 44.1 Å². The Hall–Kier alpha value is -0.970. The molecule has 0 spiro atoms. The van der Waals surface area contributed by atoms with Crippen LogP contribution in [0.1, 0.15) is 12.8 Å². The summed E-state index contributed by atoms with van der Waals surface area (Å²) in [5.74, 6) is 0. The lowest BCUT2D eigenvalue weighted by Crippen LogP contribution is -2.47. The van der Waals surface area contributed by atoms with E-state index in [4.69, 9.17) is 16.3 Å². The number of ether oxygens (including phenoxy) is 1. The van der Waals surface area contributed by atoms with E-state index >= 15 is 0 Å². The number of rotatable bonds is 7. The van der Waals surface area contributed by atoms with Gasteiger partial charge in [0.15, 0.2) is 0 Å². The number of sulfonamides is 1. The van der Waals surface area contributed by atoms with E-state index < -0.39 is 14.9 Å². The third-order valence-electron chi connectivity index (χ3n) is 4.17. The van der Waals surface area contributed by atoms with E-state index in [1.54, 1.807) is 7.11 Å². The number of nitro benzene ring substituents is 1. The van der Waals surface area contributed by atoms with Crippen molar-refractivity contribution < 1.29 is 18.1 Å². The van der Waals surface area contributed by atoms with Gasteiger partial charge in [0.2, 0.25) is 10.0 Å². The zero-order valence-electron chi connectivity index (χ0n) is 13.7. The molecule has 25 heavy (non-hydrogen) atoms. The van der Waals surface area contributed by atoms with Crippen LogP contribution in [0.15, 0.2) is 23.1 Å². The minimum atomic E-state index is -3.87. The van der Waals surface area contributed by atoms with Crippen molar-refractivity contribution in [2.75, 3.05) is 33.4 Å². The van der Waals surface area contributed by atoms with Crippen LogP contribution in [0.5, 0.6) is 0 Å². The molecule has 1 aliphatic rings. The number of benzene rings is 1. The highest BCUT2D eigenvalue weighted by atomic mass is 35.5. The third-order valence-corrected chi connectivity index (χ3v) is 6.05. The van der Waals surface area contributed by atoms with Gasteiger partial charge >= 0.3 is 0 Å². The minimum absolute atomic E-state index is 0. The lowest BCUT2D eigenvalue weighted by atomic mass is 9.80. The van der Waals surface area contributed by atoms with Crippen LogP contribution in [-0.4, -0.2) is 46.7 Å². The van der Waals surface area contributed by atoms with Crippen LogP contribution < -0.4 is 10.0 Å². The molecule has 0 bridgehead atoms. The number of nitrogens with one attached hydrogen (secondary N) is 2. The third kappa shape index (κ3) is 5.50. The lowest BCUT2D eigenvalue weighted by Gasteiger charge is -2.37. The largest absolute Gasteiger partial charge is 0.384 e. The quantitative estimate of drug-likeness (QED) is 0.521. The second-order valence-corrected chi connectivity index (χ2v) is 8.02. The summed E-state index contributed by atoms with van der Waals surface area (Å²) in [7, 11) is -2.28. The molecule has 1 heterocycles. The van der Waals surface area contributed by atoms with Gasteiger partial charge in [-0.25, -0.2) is 13.1 Å². The van der Waals surface area contributed by atoms with Gasteiger partial charge in [-0.2, -0.15) is 0 Å². The van der Waals surface area contributed by atoms with Gasteiger partial charge in [0.05, 0.1) is 16.6 Å². The summed E-state index contributed by atoms with van der Waals surface area (Å²) < 4.78 is 32.8. The predicted molar refractivity (Wildman–Crippen MR) is 97.0 cm³/mol. The van der Waals surface area contributed by atoms with Gasteiger partial charge in [-0.05, 0) is 32.0 Å². The van der Waals surface area contributed by atoms with E-state index in [9.17, 15) is 18.5 Å². The number of nitrogens with zero attached hydrogens (tertiary/aromatic N) is 1. The van der Waals surface area contributed by atoms with E-state index in [0.29, 0.717) is 6.61 Å². The fraction of sp³-hybridized carbons (Fsp3) is 0.571. The van der Waals surface area contributed by atoms with Crippen LogP contribution in [-0.2, 0) is 14.8 Å². The highest BCUT2D eigenvalue weighted by Crippen LogP contribution is 2.30. The summed E-state index contributed by atoms with van der Waals surface area (Å²) in [4.78, 5) is 9.93.